The van der Waals surface area contributed by atoms with Crippen molar-refractivity contribution in [3.63, 3.8) is 0 Å². The summed E-state index contributed by atoms with van der Waals surface area (Å²) in [6.07, 6.45) is 9.18. The van der Waals surface area contributed by atoms with Gasteiger partial charge in [0.15, 0.2) is 0 Å². The highest BCUT2D eigenvalue weighted by Crippen LogP contribution is 2.29. The number of aryl methyl sites for hydroxylation is 1. The fourth-order valence-corrected chi connectivity index (χ4v) is 3.58. The molecule has 1 aliphatic rings. The molecular formula is C17H20BrFN2. The maximum absolute atomic E-state index is 13.9. The van der Waals surface area contributed by atoms with Crippen LogP contribution in [0.4, 0.5) is 4.39 Å². The summed E-state index contributed by atoms with van der Waals surface area (Å²) >= 11 is 3.41. The lowest BCUT2D eigenvalue weighted by Crippen LogP contribution is -2.15. The highest BCUT2D eigenvalue weighted by atomic mass is 79.9. The number of nitrogens with one attached hydrogen (secondary N) is 1. The molecule has 1 aliphatic carbocycles. The lowest BCUT2D eigenvalue weighted by molar-refractivity contribution is 0.530. The molecule has 0 spiro atoms. The van der Waals surface area contributed by atoms with E-state index in [0.717, 1.165) is 16.5 Å². The van der Waals surface area contributed by atoms with Crippen molar-refractivity contribution in [1.29, 1.82) is 0 Å². The second kappa shape index (κ2) is 6.32. The first-order valence-electron chi connectivity index (χ1n) is 7.47. The van der Waals surface area contributed by atoms with Crippen molar-refractivity contribution in [2.24, 2.45) is 0 Å². The van der Waals surface area contributed by atoms with Gasteiger partial charge in [-0.25, -0.2) is 4.39 Å². The highest BCUT2D eigenvalue weighted by molar-refractivity contribution is 9.10. The van der Waals surface area contributed by atoms with E-state index in [2.05, 4.69) is 38.2 Å². The molecule has 112 valence electrons. The van der Waals surface area contributed by atoms with Crippen molar-refractivity contribution in [3.8, 4) is 0 Å². The van der Waals surface area contributed by atoms with E-state index < -0.39 is 0 Å². The minimum Gasteiger partial charge on any atom is -0.349 e. The molecule has 0 radical (unpaired) electrons. The third-order valence-electron chi connectivity index (χ3n) is 4.27. The maximum atomic E-state index is 13.9. The Morgan fingerprint density at radius 1 is 1.33 bits per heavy atom. The largest absolute Gasteiger partial charge is 0.349 e. The summed E-state index contributed by atoms with van der Waals surface area (Å²) < 4.78 is 16.9. The second-order valence-electron chi connectivity index (χ2n) is 5.73. The van der Waals surface area contributed by atoms with Crippen LogP contribution < -0.4 is 5.32 Å². The molecule has 0 fully saturated rings. The first-order chi connectivity index (χ1) is 10.2. The number of rotatable bonds is 3. The molecule has 2 nitrogen and oxygen atoms in total. The molecule has 0 amide bonds. The van der Waals surface area contributed by atoms with Gasteiger partial charge in [0.25, 0.3) is 0 Å². The number of aromatic nitrogens is 1. The van der Waals surface area contributed by atoms with Crippen LogP contribution in [-0.4, -0.2) is 11.6 Å². The van der Waals surface area contributed by atoms with Crippen molar-refractivity contribution >= 4 is 15.9 Å². The van der Waals surface area contributed by atoms with Crippen molar-refractivity contribution in [3.05, 3.63) is 57.6 Å². The van der Waals surface area contributed by atoms with Gasteiger partial charge in [0, 0.05) is 35.0 Å². The Bertz CT molecular complexity index is 636. The monoisotopic (exact) mass is 350 g/mol. The summed E-state index contributed by atoms with van der Waals surface area (Å²) in [5, 5.41) is 3.40. The van der Waals surface area contributed by atoms with E-state index >= 15 is 0 Å². The topological polar surface area (TPSA) is 17.0 Å². The Balaban J connectivity index is 1.89. The van der Waals surface area contributed by atoms with Gasteiger partial charge < -0.3 is 9.88 Å². The van der Waals surface area contributed by atoms with Crippen LogP contribution in [0, 0.1) is 5.82 Å². The Kier molecular flexibility index (Phi) is 4.45. The minimum absolute atomic E-state index is 0.146. The van der Waals surface area contributed by atoms with Gasteiger partial charge in [-0.1, -0.05) is 22.4 Å². The number of nitrogens with zero attached hydrogens (tertiary/aromatic N) is 1. The van der Waals surface area contributed by atoms with Gasteiger partial charge >= 0.3 is 0 Å². The van der Waals surface area contributed by atoms with E-state index in [0.29, 0.717) is 12.6 Å². The van der Waals surface area contributed by atoms with Gasteiger partial charge in [0.2, 0.25) is 0 Å². The number of hydrogen-bond donors (Lipinski definition) is 1. The maximum Gasteiger partial charge on any atom is 0.128 e. The molecule has 2 aromatic rings. The van der Waals surface area contributed by atoms with Crippen LogP contribution in [0.1, 0.15) is 42.0 Å². The van der Waals surface area contributed by atoms with Gasteiger partial charge in [-0.3, -0.25) is 0 Å². The van der Waals surface area contributed by atoms with Crippen LogP contribution in [0.25, 0.3) is 0 Å². The Hall–Kier alpha value is -1.13. The van der Waals surface area contributed by atoms with E-state index in [1.165, 1.54) is 36.5 Å². The fraction of sp³-hybridized carbons (Fsp3) is 0.412. The molecule has 1 aromatic carbocycles. The number of halogens is 2. The molecule has 0 bridgehead atoms. The number of benzene rings is 1. The average molecular weight is 351 g/mol. The van der Waals surface area contributed by atoms with Gasteiger partial charge in [0.05, 0.1) is 0 Å². The molecule has 1 heterocycles. The molecule has 0 aliphatic heterocycles. The van der Waals surface area contributed by atoms with Gasteiger partial charge in [-0.15, -0.1) is 0 Å². The fourth-order valence-electron chi connectivity index (χ4n) is 3.17. The summed E-state index contributed by atoms with van der Waals surface area (Å²) in [7, 11) is 2.02. The predicted molar refractivity (Wildman–Crippen MR) is 87.0 cm³/mol. The molecule has 4 heteroatoms. The first-order valence-corrected chi connectivity index (χ1v) is 8.26. The number of fused-ring (bicyclic) bond motifs is 1. The van der Waals surface area contributed by atoms with Crippen LogP contribution in [0.3, 0.4) is 0 Å². The standard InChI is InChI=1S/C17H20BrFN2/c1-20-17-5-3-2-4-12-9-21(11-15(12)17)10-13-8-14(18)6-7-16(13)19/h6-9,11,17,20H,2-5,10H2,1H3. The Morgan fingerprint density at radius 3 is 3.00 bits per heavy atom. The second-order valence-corrected chi connectivity index (χ2v) is 6.65. The normalized spacial score (nSPS) is 18.3. The summed E-state index contributed by atoms with van der Waals surface area (Å²) in [6.45, 7) is 0.578. The van der Waals surface area contributed by atoms with E-state index in [1.807, 2.05) is 13.1 Å². The van der Waals surface area contributed by atoms with Crippen molar-refractivity contribution in [2.75, 3.05) is 7.05 Å². The van der Waals surface area contributed by atoms with Gasteiger partial charge in [0.1, 0.15) is 5.82 Å². The van der Waals surface area contributed by atoms with Crippen molar-refractivity contribution < 1.29 is 4.39 Å². The molecule has 1 atom stereocenters. The SMILES string of the molecule is CNC1CCCCc2cn(Cc3cc(Br)ccc3F)cc21. The van der Waals surface area contributed by atoms with Crippen LogP contribution in [0.15, 0.2) is 35.1 Å². The van der Waals surface area contributed by atoms with E-state index in [9.17, 15) is 4.39 Å². The molecule has 3 rings (SSSR count). The molecule has 1 N–H and O–H groups in total. The van der Waals surface area contributed by atoms with Crippen LogP contribution in [-0.2, 0) is 13.0 Å². The molecular weight excluding hydrogens is 331 g/mol. The van der Waals surface area contributed by atoms with Crippen molar-refractivity contribution in [2.45, 2.75) is 38.3 Å². The Morgan fingerprint density at radius 2 is 2.19 bits per heavy atom. The smallest absolute Gasteiger partial charge is 0.128 e. The first kappa shape index (κ1) is 14.8. The summed E-state index contributed by atoms with van der Waals surface area (Å²) in [4.78, 5) is 0. The average Bonchev–Trinajstić information content (AvgIpc) is 2.76. The third kappa shape index (κ3) is 3.22. The zero-order valence-corrected chi connectivity index (χ0v) is 13.8. The summed E-state index contributed by atoms with van der Waals surface area (Å²) in [5.41, 5.74) is 3.50. The van der Waals surface area contributed by atoms with Crippen LogP contribution >= 0.6 is 15.9 Å². The summed E-state index contributed by atoms with van der Waals surface area (Å²) in [6, 6.07) is 5.54. The van der Waals surface area contributed by atoms with E-state index in [-0.39, 0.29) is 5.82 Å². The Labute approximate surface area is 133 Å². The zero-order valence-electron chi connectivity index (χ0n) is 12.2. The molecule has 1 aromatic heterocycles. The van der Waals surface area contributed by atoms with Gasteiger partial charge in [-0.2, -0.15) is 0 Å². The van der Waals surface area contributed by atoms with E-state index in [1.54, 1.807) is 6.07 Å². The minimum atomic E-state index is -0.146. The zero-order chi connectivity index (χ0) is 14.8. The number of hydrogen-bond acceptors (Lipinski definition) is 1. The molecule has 1 unspecified atom stereocenters. The van der Waals surface area contributed by atoms with E-state index in [4.69, 9.17) is 0 Å². The quantitative estimate of drug-likeness (QED) is 0.810. The third-order valence-corrected chi connectivity index (χ3v) is 4.76. The summed E-state index contributed by atoms with van der Waals surface area (Å²) in [5.74, 6) is -0.146. The lowest BCUT2D eigenvalue weighted by Gasteiger charge is -2.13. The highest BCUT2D eigenvalue weighted by Gasteiger charge is 2.19. The molecule has 21 heavy (non-hydrogen) atoms. The van der Waals surface area contributed by atoms with Gasteiger partial charge in [-0.05, 0) is 55.6 Å². The predicted octanol–water partition coefficient (Wildman–Crippen LogP) is 4.42. The molecule has 0 saturated carbocycles. The molecule has 0 saturated heterocycles. The van der Waals surface area contributed by atoms with Crippen molar-refractivity contribution in [1.82, 2.24) is 9.88 Å². The van der Waals surface area contributed by atoms with Crippen LogP contribution in [0.2, 0.25) is 0 Å². The van der Waals surface area contributed by atoms with Crippen LogP contribution in [0.5, 0.6) is 0 Å². The lowest BCUT2D eigenvalue weighted by atomic mass is 10.1.